The van der Waals surface area contributed by atoms with Gasteiger partial charge in [-0.3, -0.25) is 9.59 Å². The first-order valence-corrected chi connectivity index (χ1v) is 13.0. The van der Waals surface area contributed by atoms with Crippen LogP contribution in [0.5, 0.6) is 5.75 Å². The molecule has 3 N–H and O–H groups in total. The van der Waals surface area contributed by atoms with Crippen LogP contribution < -0.4 is 15.8 Å². The molecule has 1 saturated heterocycles. The third kappa shape index (κ3) is 5.98. The molecule has 9 heteroatoms. The number of benzene rings is 2. The normalized spacial score (nSPS) is 17.3. The Bertz CT molecular complexity index is 1350. The van der Waals surface area contributed by atoms with Gasteiger partial charge in [-0.15, -0.1) is 0 Å². The number of nitrogen functional groups attached to an aromatic ring is 1. The van der Waals surface area contributed by atoms with Crippen molar-refractivity contribution in [3.63, 3.8) is 0 Å². The number of amides is 2. The Labute approximate surface area is 227 Å². The average Bonchev–Trinajstić information content (AvgIpc) is 3.35. The number of carbonyl (C=O) groups excluding carboxylic acids is 2. The van der Waals surface area contributed by atoms with Crippen LogP contribution in [0.4, 0.5) is 5.82 Å². The quantitative estimate of drug-likeness (QED) is 0.472. The van der Waals surface area contributed by atoms with Crippen LogP contribution >= 0.6 is 11.6 Å². The van der Waals surface area contributed by atoms with E-state index in [4.69, 9.17) is 22.1 Å². The van der Waals surface area contributed by atoms with Crippen LogP contribution in [0.3, 0.4) is 0 Å². The van der Waals surface area contributed by atoms with E-state index in [9.17, 15) is 9.59 Å². The Morgan fingerprint density at radius 3 is 2.58 bits per heavy atom. The van der Waals surface area contributed by atoms with Crippen molar-refractivity contribution in [3.8, 4) is 16.9 Å². The van der Waals surface area contributed by atoms with Gasteiger partial charge in [0.1, 0.15) is 17.7 Å². The van der Waals surface area contributed by atoms with Gasteiger partial charge in [0.2, 0.25) is 5.91 Å². The molecule has 3 heterocycles. The highest BCUT2D eigenvalue weighted by Crippen LogP contribution is 2.39. The number of halogens is 1. The number of nitrogens with two attached hydrogens (primary N) is 1. The van der Waals surface area contributed by atoms with Gasteiger partial charge in [-0.1, -0.05) is 23.7 Å². The van der Waals surface area contributed by atoms with E-state index < -0.39 is 0 Å². The van der Waals surface area contributed by atoms with Crippen LogP contribution in [-0.2, 0) is 11.2 Å². The molecule has 0 spiro atoms. The Balaban J connectivity index is 1.19. The average molecular weight is 532 g/mol. The summed E-state index contributed by atoms with van der Waals surface area (Å²) in [6.07, 6.45) is 5.16. The first-order chi connectivity index (χ1) is 18.4. The zero-order valence-corrected chi connectivity index (χ0v) is 21.9. The molecule has 1 unspecified atom stereocenters. The van der Waals surface area contributed by atoms with E-state index in [2.05, 4.69) is 28.3 Å². The number of hydrogen-bond donors (Lipinski definition) is 2. The zero-order valence-electron chi connectivity index (χ0n) is 21.2. The summed E-state index contributed by atoms with van der Waals surface area (Å²) in [5.74, 6) is 0.925. The SMILES string of the molecule is CN1CCN(C(=O)c2ccc(-c3cc(Cl)c4c(c3)CC(CNC(=O)/C=C/c3ccc(N)nc3)O4)cc2)CC1. The lowest BCUT2D eigenvalue weighted by molar-refractivity contribution is -0.116. The molecular weight excluding hydrogens is 502 g/mol. The Morgan fingerprint density at radius 2 is 1.87 bits per heavy atom. The number of ether oxygens (including phenoxy) is 1. The topological polar surface area (TPSA) is 101 Å². The summed E-state index contributed by atoms with van der Waals surface area (Å²) in [4.78, 5) is 33.3. The zero-order chi connectivity index (χ0) is 26.6. The highest BCUT2D eigenvalue weighted by Gasteiger charge is 2.26. The number of nitrogens with one attached hydrogen (secondary N) is 1. The van der Waals surface area contributed by atoms with E-state index in [0.717, 1.165) is 48.4 Å². The van der Waals surface area contributed by atoms with Gasteiger partial charge in [0.05, 0.1) is 11.6 Å². The van der Waals surface area contributed by atoms with Crippen molar-refractivity contribution in [1.82, 2.24) is 20.1 Å². The molecule has 2 amide bonds. The molecule has 0 bridgehead atoms. The number of anilines is 1. The minimum absolute atomic E-state index is 0.0647. The number of hydrogen-bond acceptors (Lipinski definition) is 6. The number of carbonyl (C=O) groups is 2. The Kier molecular flexibility index (Phi) is 7.62. The lowest BCUT2D eigenvalue weighted by Gasteiger charge is -2.32. The summed E-state index contributed by atoms with van der Waals surface area (Å²) in [5.41, 5.74) is 9.98. The molecule has 0 radical (unpaired) electrons. The standard InChI is InChI=1S/C29H30ClN5O3/c1-34-10-12-35(13-11-34)29(37)21-6-4-20(5-7-21)22-14-23-15-24(38-28(23)25(30)16-22)18-33-27(36)9-3-19-2-8-26(31)32-17-19/h2-9,14,16-17,24H,10-13,15,18H2,1H3,(H2,31,32)(H,33,36)/b9-3+. The summed E-state index contributed by atoms with van der Waals surface area (Å²) in [6.45, 7) is 3.63. The highest BCUT2D eigenvalue weighted by atomic mass is 35.5. The summed E-state index contributed by atoms with van der Waals surface area (Å²) in [7, 11) is 2.07. The first kappa shape index (κ1) is 25.8. The van der Waals surface area contributed by atoms with Gasteiger partial charge in [0.15, 0.2) is 0 Å². The fourth-order valence-electron chi connectivity index (χ4n) is 4.63. The number of piperazine rings is 1. The first-order valence-electron chi connectivity index (χ1n) is 12.6. The van der Waals surface area contributed by atoms with Gasteiger partial charge < -0.3 is 25.6 Å². The summed E-state index contributed by atoms with van der Waals surface area (Å²) >= 11 is 6.57. The highest BCUT2D eigenvalue weighted by molar-refractivity contribution is 6.32. The molecule has 1 fully saturated rings. The maximum atomic E-state index is 12.9. The molecule has 2 aromatic carbocycles. The van der Waals surface area contributed by atoms with Crippen molar-refractivity contribution in [2.24, 2.45) is 0 Å². The minimum Gasteiger partial charge on any atom is -0.486 e. The fourth-order valence-corrected chi connectivity index (χ4v) is 4.91. The molecule has 0 aliphatic carbocycles. The number of likely N-dealkylation sites (N-methyl/N-ethyl adjacent to an activating group) is 1. The van der Waals surface area contributed by atoms with E-state index in [1.54, 1.807) is 24.4 Å². The van der Waals surface area contributed by atoms with Crippen molar-refractivity contribution < 1.29 is 14.3 Å². The molecule has 5 rings (SSSR count). The van der Waals surface area contributed by atoms with Gasteiger partial charge in [-0.05, 0) is 66.2 Å². The van der Waals surface area contributed by atoms with Crippen LogP contribution in [0, 0.1) is 0 Å². The largest absolute Gasteiger partial charge is 0.486 e. The lowest BCUT2D eigenvalue weighted by atomic mass is 9.99. The lowest BCUT2D eigenvalue weighted by Crippen LogP contribution is -2.47. The molecule has 1 atom stereocenters. The number of fused-ring (bicyclic) bond motifs is 1. The molecule has 2 aliphatic rings. The van der Waals surface area contributed by atoms with E-state index in [1.807, 2.05) is 35.2 Å². The molecule has 38 heavy (non-hydrogen) atoms. The fraction of sp³-hybridized carbons (Fsp3) is 0.276. The van der Waals surface area contributed by atoms with Crippen LogP contribution in [0.15, 0.2) is 60.8 Å². The number of nitrogens with zero attached hydrogens (tertiary/aromatic N) is 3. The van der Waals surface area contributed by atoms with Crippen LogP contribution in [0.2, 0.25) is 5.02 Å². The monoisotopic (exact) mass is 531 g/mol. The van der Waals surface area contributed by atoms with Crippen molar-refractivity contribution in [3.05, 3.63) is 82.5 Å². The van der Waals surface area contributed by atoms with E-state index in [-0.39, 0.29) is 17.9 Å². The molecule has 196 valence electrons. The van der Waals surface area contributed by atoms with Crippen molar-refractivity contribution in [2.75, 3.05) is 45.5 Å². The number of rotatable bonds is 6. The Morgan fingerprint density at radius 1 is 1.11 bits per heavy atom. The van der Waals surface area contributed by atoms with Gasteiger partial charge in [-0.2, -0.15) is 0 Å². The summed E-state index contributed by atoms with van der Waals surface area (Å²) in [5, 5.41) is 3.40. The van der Waals surface area contributed by atoms with Crippen molar-refractivity contribution >= 4 is 35.3 Å². The van der Waals surface area contributed by atoms with Gasteiger partial charge in [0.25, 0.3) is 5.91 Å². The third-order valence-corrected chi connectivity index (χ3v) is 7.13. The molecule has 2 aliphatic heterocycles. The molecule has 0 saturated carbocycles. The molecule has 8 nitrogen and oxygen atoms in total. The van der Waals surface area contributed by atoms with Crippen LogP contribution in [0.25, 0.3) is 17.2 Å². The molecule has 1 aromatic heterocycles. The van der Waals surface area contributed by atoms with Crippen molar-refractivity contribution in [2.45, 2.75) is 12.5 Å². The van der Waals surface area contributed by atoms with Gasteiger partial charge in [0, 0.05) is 56.0 Å². The van der Waals surface area contributed by atoms with E-state index in [1.165, 1.54) is 6.08 Å². The van der Waals surface area contributed by atoms with E-state index >= 15 is 0 Å². The van der Waals surface area contributed by atoms with E-state index in [0.29, 0.717) is 35.1 Å². The summed E-state index contributed by atoms with van der Waals surface area (Å²) < 4.78 is 6.03. The predicted octanol–water partition coefficient (Wildman–Crippen LogP) is 3.50. The van der Waals surface area contributed by atoms with Crippen LogP contribution in [0.1, 0.15) is 21.5 Å². The minimum atomic E-state index is -0.223. The van der Waals surface area contributed by atoms with Crippen molar-refractivity contribution in [1.29, 1.82) is 0 Å². The second-order valence-corrected chi connectivity index (χ2v) is 10.1. The number of pyridine rings is 1. The summed E-state index contributed by atoms with van der Waals surface area (Å²) in [6, 6.07) is 15.1. The van der Waals surface area contributed by atoms with Gasteiger partial charge >= 0.3 is 0 Å². The second kappa shape index (κ2) is 11.2. The smallest absolute Gasteiger partial charge is 0.253 e. The molecular formula is C29H30ClN5O3. The third-order valence-electron chi connectivity index (χ3n) is 6.85. The molecule has 3 aromatic rings. The van der Waals surface area contributed by atoms with Gasteiger partial charge in [-0.25, -0.2) is 4.98 Å². The maximum Gasteiger partial charge on any atom is 0.253 e. The number of aromatic nitrogens is 1. The Hall–Kier alpha value is -3.88. The predicted molar refractivity (Wildman–Crippen MR) is 149 cm³/mol. The van der Waals surface area contributed by atoms with Crippen LogP contribution in [-0.4, -0.2) is 72.5 Å². The maximum absolute atomic E-state index is 12.9. The second-order valence-electron chi connectivity index (χ2n) is 9.66.